The average Bonchev–Trinajstić information content (AvgIpc) is 3.34. The van der Waals surface area contributed by atoms with E-state index in [0.29, 0.717) is 29.9 Å². The van der Waals surface area contributed by atoms with Crippen LogP contribution in [0, 0.1) is 13.8 Å². The molecule has 34 heavy (non-hydrogen) atoms. The van der Waals surface area contributed by atoms with Crippen molar-refractivity contribution >= 4 is 34.7 Å². The Morgan fingerprint density at radius 1 is 1.00 bits per heavy atom. The van der Waals surface area contributed by atoms with Crippen LogP contribution in [0.25, 0.3) is 11.1 Å². The predicted octanol–water partition coefficient (Wildman–Crippen LogP) is 6.41. The summed E-state index contributed by atoms with van der Waals surface area (Å²) in [5.74, 6) is -0.217. The van der Waals surface area contributed by atoms with E-state index in [-0.39, 0.29) is 5.91 Å². The van der Waals surface area contributed by atoms with Gasteiger partial charge in [0.1, 0.15) is 0 Å². The third-order valence-electron chi connectivity index (χ3n) is 5.60. The first-order chi connectivity index (χ1) is 16.4. The molecule has 0 fully saturated rings. The van der Waals surface area contributed by atoms with Crippen LogP contribution in [0.4, 0.5) is 16.2 Å². The van der Waals surface area contributed by atoms with Gasteiger partial charge in [-0.15, -0.1) is 11.3 Å². The van der Waals surface area contributed by atoms with E-state index < -0.39 is 6.09 Å². The van der Waals surface area contributed by atoms with Crippen LogP contribution in [0.15, 0.2) is 77.6 Å². The largest absolute Gasteiger partial charge is 0.465 e. The van der Waals surface area contributed by atoms with Gasteiger partial charge in [0.25, 0.3) is 5.91 Å². The number of carboxylic acid groups (broad SMARTS) is 1. The first-order valence-corrected chi connectivity index (χ1v) is 11.8. The van der Waals surface area contributed by atoms with Crippen LogP contribution >= 0.6 is 11.3 Å². The second-order valence-electron chi connectivity index (χ2n) is 8.03. The number of rotatable bonds is 7. The fraction of sp³-hybridized carbons (Fsp3) is 0.148. The molecule has 0 aliphatic carbocycles. The fourth-order valence-corrected chi connectivity index (χ4v) is 4.40. The Morgan fingerprint density at radius 3 is 2.38 bits per heavy atom. The molecule has 2 N–H and O–H groups in total. The van der Waals surface area contributed by atoms with Gasteiger partial charge in [0.15, 0.2) is 0 Å². The van der Waals surface area contributed by atoms with E-state index in [1.54, 1.807) is 29.8 Å². The molecule has 0 aliphatic rings. The summed E-state index contributed by atoms with van der Waals surface area (Å²) in [4.78, 5) is 30.4. The van der Waals surface area contributed by atoms with Crippen molar-refractivity contribution in [2.45, 2.75) is 20.3 Å². The Kier molecular flexibility index (Phi) is 7.04. The number of nitrogens with one attached hydrogen (secondary N) is 1. The maximum absolute atomic E-state index is 13.2. The lowest BCUT2D eigenvalue weighted by Crippen LogP contribution is -2.31. The molecule has 0 saturated carbocycles. The molecule has 172 valence electrons. The lowest BCUT2D eigenvalue weighted by Gasteiger charge is -2.19. The van der Waals surface area contributed by atoms with Gasteiger partial charge in [0, 0.05) is 35.3 Å². The molecule has 0 unspecified atom stereocenters. The number of anilines is 2. The van der Waals surface area contributed by atoms with Gasteiger partial charge in [-0.05, 0) is 60.9 Å². The lowest BCUT2D eigenvalue weighted by molar-refractivity contribution is 0.102. The van der Waals surface area contributed by atoms with Crippen molar-refractivity contribution in [2.75, 3.05) is 16.8 Å². The zero-order chi connectivity index (χ0) is 24.1. The van der Waals surface area contributed by atoms with E-state index in [9.17, 15) is 14.7 Å². The number of aryl methyl sites for hydroxylation is 2. The summed E-state index contributed by atoms with van der Waals surface area (Å²) in [5, 5.41) is 14.5. The van der Waals surface area contributed by atoms with Crippen LogP contribution < -0.4 is 10.2 Å². The SMILES string of the molecule is Cc1ccc(-c2c(C)cccc2C(=O)Nc2ccc(N(CCc3cscn3)C(=O)O)cc2)cc1. The topological polar surface area (TPSA) is 82.5 Å². The first-order valence-electron chi connectivity index (χ1n) is 10.9. The molecule has 2 amide bonds. The molecule has 0 saturated heterocycles. The summed E-state index contributed by atoms with van der Waals surface area (Å²) in [7, 11) is 0. The van der Waals surface area contributed by atoms with Crippen LogP contribution in [-0.2, 0) is 6.42 Å². The minimum absolute atomic E-state index is 0.217. The third kappa shape index (κ3) is 5.32. The molecule has 0 radical (unpaired) electrons. The summed E-state index contributed by atoms with van der Waals surface area (Å²) < 4.78 is 0. The van der Waals surface area contributed by atoms with E-state index in [2.05, 4.69) is 10.3 Å². The van der Waals surface area contributed by atoms with E-state index >= 15 is 0 Å². The Hall–Kier alpha value is -3.97. The van der Waals surface area contributed by atoms with Gasteiger partial charge in [-0.3, -0.25) is 9.69 Å². The Bertz CT molecular complexity index is 1280. The minimum atomic E-state index is -1.03. The van der Waals surface area contributed by atoms with Crippen LogP contribution in [-0.4, -0.2) is 28.6 Å². The van der Waals surface area contributed by atoms with Crippen molar-refractivity contribution < 1.29 is 14.7 Å². The average molecular weight is 472 g/mol. The molecular formula is C27H25N3O3S. The van der Waals surface area contributed by atoms with Crippen molar-refractivity contribution in [1.82, 2.24) is 4.98 Å². The van der Waals surface area contributed by atoms with Crippen LogP contribution in [0.1, 0.15) is 27.2 Å². The van der Waals surface area contributed by atoms with E-state index in [0.717, 1.165) is 27.9 Å². The van der Waals surface area contributed by atoms with Crippen LogP contribution in [0.2, 0.25) is 0 Å². The number of benzene rings is 3. The summed E-state index contributed by atoms with van der Waals surface area (Å²) in [5.41, 5.74) is 8.38. The molecule has 1 aromatic heterocycles. The van der Waals surface area contributed by atoms with Gasteiger partial charge in [0.2, 0.25) is 0 Å². The highest BCUT2D eigenvalue weighted by atomic mass is 32.1. The maximum Gasteiger partial charge on any atom is 0.411 e. The highest BCUT2D eigenvalue weighted by Crippen LogP contribution is 2.29. The standard InChI is InChI=1S/C27H25N3O3S/c1-18-6-8-20(9-7-18)25-19(2)4-3-5-24(25)26(31)29-21-10-12-23(13-11-21)30(27(32)33)15-14-22-16-34-17-28-22/h3-13,16-17H,14-15H2,1-2H3,(H,29,31)(H,32,33). The van der Waals surface area contributed by atoms with Crippen molar-refractivity contribution in [3.8, 4) is 11.1 Å². The second kappa shape index (κ2) is 10.3. The Balaban J connectivity index is 1.51. The molecule has 4 aromatic rings. The summed E-state index contributed by atoms with van der Waals surface area (Å²) in [6.07, 6.45) is -0.502. The molecule has 3 aromatic carbocycles. The number of amides is 2. The molecule has 0 spiro atoms. The molecule has 1 heterocycles. The first kappa shape index (κ1) is 23.2. The highest BCUT2D eigenvalue weighted by molar-refractivity contribution is 7.07. The van der Waals surface area contributed by atoms with Crippen molar-refractivity contribution in [3.05, 3.63) is 100 Å². The number of aromatic nitrogens is 1. The Labute approximate surface area is 202 Å². The number of carbonyl (C=O) groups is 2. The minimum Gasteiger partial charge on any atom is -0.465 e. The van der Waals surface area contributed by atoms with E-state index in [1.165, 1.54) is 16.2 Å². The van der Waals surface area contributed by atoms with Gasteiger partial charge in [-0.2, -0.15) is 0 Å². The molecule has 6 nitrogen and oxygen atoms in total. The highest BCUT2D eigenvalue weighted by Gasteiger charge is 2.17. The zero-order valence-corrected chi connectivity index (χ0v) is 19.8. The van der Waals surface area contributed by atoms with Crippen LogP contribution in [0.5, 0.6) is 0 Å². The number of carbonyl (C=O) groups excluding carboxylic acids is 1. The molecular weight excluding hydrogens is 446 g/mol. The molecule has 7 heteroatoms. The fourth-order valence-electron chi connectivity index (χ4n) is 3.81. The van der Waals surface area contributed by atoms with Crippen LogP contribution in [0.3, 0.4) is 0 Å². The monoisotopic (exact) mass is 471 g/mol. The zero-order valence-electron chi connectivity index (χ0n) is 19.0. The van der Waals surface area contributed by atoms with Crippen molar-refractivity contribution in [2.24, 2.45) is 0 Å². The number of hydrogen-bond donors (Lipinski definition) is 2. The normalized spacial score (nSPS) is 10.6. The lowest BCUT2D eigenvalue weighted by atomic mass is 9.94. The van der Waals surface area contributed by atoms with E-state index in [4.69, 9.17) is 0 Å². The van der Waals surface area contributed by atoms with Gasteiger partial charge in [-0.25, -0.2) is 9.78 Å². The third-order valence-corrected chi connectivity index (χ3v) is 6.24. The van der Waals surface area contributed by atoms with E-state index in [1.807, 2.05) is 61.7 Å². The molecule has 4 rings (SSSR count). The number of hydrogen-bond acceptors (Lipinski definition) is 4. The summed E-state index contributed by atoms with van der Waals surface area (Å²) >= 11 is 1.48. The molecule has 0 bridgehead atoms. The number of nitrogens with zero attached hydrogens (tertiary/aromatic N) is 2. The molecule has 0 atom stereocenters. The van der Waals surface area contributed by atoms with Gasteiger partial charge in [-0.1, -0.05) is 42.0 Å². The molecule has 0 aliphatic heterocycles. The maximum atomic E-state index is 13.2. The predicted molar refractivity (Wildman–Crippen MR) is 137 cm³/mol. The number of thiazole rings is 1. The van der Waals surface area contributed by atoms with Gasteiger partial charge in [0.05, 0.1) is 11.2 Å². The second-order valence-corrected chi connectivity index (χ2v) is 8.75. The van der Waals surface area contributed by atoms with Gasteiger partial charge >= 0.3 is 6.09 Å². The van der Waals surface area contributed by atoms with Gasteiger partial charge < -0.3 is 10.4 Å². The Morgan fingerprint density at radius 2 is 1.74 bits per heavy atom. The van der Waals surface area contributed by atoms with Crippen molar-refractivity contribution in [1.29, 1.82) is 0 Å². The summed E-state index contributed by atoms with van der Waals surface area (Å²) in [6, 6.07) is 20.6. The quantitative estimate of drug-likeness (QED) is 0.326. The smallest absolute Gasteiger partial charge is 0.411 e. The van der Waals surface area contributed by atoms with Crippen molar-refractivity contribution in [3.63, 3.8) is 0 Å². The summed E-state index contributed by atoms with van der Waals surface area (Å²) in [6.45, 7) is 4.32.